The van der Waals surface area contributed by atoms with Gasteiger partial charge in [0.2, 0.25) is 0 Å². The first-order valence-electron chi connectivity index (χ1n) is 6.68. The zero-order valence-electron chi connectivity index (χ0n) is 11.5. The highest BCUT2D eigenvalue weighted by Crippen LogP contribution is 2.29. The lowest BCUT2D eigenvalue weighted by molar-refractivity contribution is 0.341. The van der Waals surface area contributed by atoms with Crippen molar-refractivity contribution in [3.05, 3.63) is 18.0 Å². The van der Waals surface area contributed by atoms with E-state index in [-0.39, 0.29) is 0 Å². The van der Waals surface area contributed by atoms with E-state index in [9.17, 15) is 0 Å². The van der Waals surface area contributed by atoms with Gasteiger partial charge in [0.1, 0.15) is 0 Å². The quantitative estimate of drug-likeness (QED) is 0.845. The summed E-state index contributed by atoms with van der Waals surface area (Å²) < 4.78 is 10.6. The lowest BCUT2D eigenvalue weighted by atomic mass is 9.95. The second kappa shape index (κ2) is 6.96. The molecule has 0 saturated heterocycles. The van der Waals surface area contributed by atoms with Crippen molar-refractivity contribution in [2.24, 2.45) is 0 Å². The number of aromatic nitrogens is 1. The van der Waals surface area contributed by atoms with E-state index >= 15 is 0 Å². The van der Waals surface area contributed by atoms with Gasteiger partial charge in [-0.2, -0.15) is 0 Å². The molecule has 1 N–H and O–H groups in total. The van der Waals surface area contributed by atoms with Gasteiger partial charge < -0.3 is 14.8 Å². The minimum absolute atomic E-state index is 0.350. The molecule has 1 aliphatic carbocycles. The van der Waals surface area contributed by atoms with Crippen molar-refractivity contribution in [3.63, 3.8) is 0 Å². The minimum atomic E-state index is 0.350. The number of hydrogen-bond acceptors (Lipinski definition) is 4. The smallest absolute Gasteiger partial charge is 0.183 e. The van der Waals surface area contributed by atoms with E-state index in [1.807, 2.05) is 0 Å². The van der Waals surface area contributed by atoms with Crippen molar-refractivity contribution in [2.75, 3.05) is 14.2 Å². The molecule has 1 fully saturated rings. The van der Waals surface area contributed by atoms with E-state index in [4.69, 9.17) is 21.1 Å². The zero-order valence-corrected chi connectivity index (χ0v) is 12.2. The van der Waals surface area contributed by atoms with Crippen LogP contribution in [-0.2, 0) is 6.54 Å². The molecule has 106 valence electrons. The highest BCUT2D eigenvalue weighted by Gasteiger charge is 2.20. The second-order valence-electron chi connectivity index (χ2n) is 4.82. The normalized spacial score (nSPS) is 23.1. The van der Waals surface area contributed by atoms with Crippen LogP contribution in [0.5, 0.6) is 11.5 Å². The van der Waals surface area contributed by atoms with Gasteiger partial charge in [-0.3, -0.25) is 4.98 Å². The molecular weight excluding hydrogens is 264 g/mol. The zero-order chi connectivity index (χ0) is 13.7. The Kier molecular flexibility index (Phi) is 5.28. The lowest BCUT2D eigenvalue weighted by Gasteiger charge is -2.26. The van der Waals surface area contributed by atoms with Gasteiger partial charge in [-0.1, -0.05) is 0 Å². The largest absolute Gasteiger partial charge is 0.493 e. The Morgan fingerprint density at radius 2 is 2.00 bits per heavy atom. The number of methoxy groups -OCH3 is 2. The van der Waals surface area contributed by atoms with Crippen molar-refractivity contribution in [1.82, 2.24) is 10.3 Å². The summed E-state index contributed by atoms with van der Waals surface area (Å²) in [5.41, 5.74) is 0.884. The Labute approximate surface area is 119 Å². The molecule has 1 aromatic heterocycles. The van der Waals surface area contributed by atoms with E-state index in [0.29, 0.717) is 23.7 Å². The number of halogens is 1. The summed E-state index contributed by atoms with van der Waals surface area (Å²) in [6.07, 6.45) is 6.17. The molecule has 0 aliphatic heterocycles. The molecule has 0 bridgehead atoms. The fourth-order valence-electron chi connectivity index (χ4n) is 2.47. The summed E-state index contributed by atoms with van der Waals surface area (Å²) in [5, 5.41) is 3.88. The predicted molar refractivity (Wildman–Crippen MR) is 76.1 cm³/mol. The third-order valence-corrected chi connectivity index (χ3v) is 4.02. The van der Waals surface area contributed by atoms with Crippen LogP contribution >= 0.6 is 11.6 Å². The molecule has 1 heterocycles. The average Bonchev–Trinajstić information content (AvgIpc) is 2.46. The van der Waals surface area contributed by atoms with E-state index in [1.54, 1.807) is 26.5 Å². The molecule has 1 aromatic rings. The Morgan fingerprint density at radius 3 is 2.63 bits per heavy atom. The number of nitrogens with one attached hydrogen (secondary N) is 1. The molecule has 4 nitrogen and oxygen atoms in total. The van der Waals surface area contributed by atoms with Crippen molar-refractivity contribution < 1.29 is 9.47 Å². The van der Waals surface area contributed by atoms with Crippen molar-refractivity contribution in [1.29, 1.82) is 0 Å². The molecule has 1 saturated carbocycles. The fourth-order valence-corrected chi connectivity index (χ4v) is 2.73. The lowest BCUT2D eigenvalue weighted by Crippen LogP contribution is -2.33. The summed E-state index contributed by atoms with van der Waals surface area (Å²) >= 11 is 6.11. The predicted octanol–water partition coefficient (Wildman–Crippen LogP) is 2.74. The first-order chi connectivity index (χ1) is 9.24. The number of rotatable bonds is 5. The molecule has 0 atom stereocenters. The van der Waals surface area contributed by atoms with E-state index in [1.165, 1.54) is 0 Å². The Bertz CT molecular complexity index is 406. The topological polar surface area (TPSA) is 43.4 Å². The summed E-state index contributed by atoms with van der Waals surface area (Å²) in [7, 11) is 3.28. The summed E-state index contributed by atoms with van der Waals surface area (Å²) in [6.45, 7) is 0.692. The number of pyridine rings is 1. The Morgan fingerprint density at radius 1 is 1.26 bits per heavy atom. The summed E-state index contributed by atoms with van der Waals surface area (Å²) in [6, 6.07) is 2.33. The molecule has 1 aliphatic rings. The van der Waals surface area contributed by atoms with Crippen LogP contribution in [0.15, 0.2) is 12.3 Å². The number of ether oxygens (including phenoxy) is 2. The van der Waals surface area contributed by atoms with Crippen LogP contribution < -0.4 is 14.8 Å². The first kappa shape index (κ1) is 14.4. The molecule has 0 spiro atoms. The molecule has 0 amide bonds. The molecule has 0 unspecified atom stereocenters. The van der Waals surface area contributed by atoms with E-state index in [0.717, 1.165) is 37.1 Å². The summed E-state index contributed by atoms with van der Waals surface area (Å²) in [4.78, 5) is 4.36. The van der Waals surface area contributed by atoms with Gasteiger partial charge in [0.15, 0.2) is 11.5 Å². The third-order valence-electron chi connectivity index (χ3n) is 3.58. The highest BCUT2D eigenvalue weighted by atomic mass is 35.5. The van der Waals surface area contributed by atoms with E-state index < -0.39 is 0 Å². The molecule has 2 rings (SSSR count). The number of nitrogens with zero attached hydrogens (tertiary/aromatic N) is 1. The van der Waals surface area contributed by atoms with Crippen molar-refractivity contribution in [2.45, 2.75) is 43.6 Å². The maximum absolute atomic E-state index is 6.11. The first-order valence-corrected chi connectivity index (χ1v) is 7.11. The maximum atomic E-state index is 6.11. The summed E-state index contributed by atoms with van der Waals surface area (Å²) in [5.74, 6) is 1.43. The third kappa shape index (κ3) is 3.74. The van der Waals surface area contributed by atoms with Gasteiger partial charge in [-0.05, 0) is 25.7 Å². The molecule has 5 heteroatoms. The Hall–Kier alpha value is -1.00. The van der Waals surface area contributed by atoms with Crippen LogP contribution in [0.2, 0.25) is 0 Å². The molecular formula is C14H21ClN2O2. The minimum Gasteiger partial charge on any atom is -0.493 e. The second-order valence-corrected chi connectivity index (χ2v) is 5.44. The fraction of sp³-hybridized carbons (Fsp3) is 0.643. The average molecular weight is 285 g/mol. The van der Waals surface area contributed by atoms with Crippen LogP contribution in [0.1, 0.15) is 31.4 Å². The van der Waals surface area contributed by atoms with Gasteiger partial charge in [-0.25, -0.2) is 0 Å². The van der Waals surface area contributed by atoms with Gasteiger partial charge in [0.25, 0.3) is 0 Å². The van der Waals surface area contributed by atoms with Gasteiger partial charge >= 0.3 is 0 Å². The van der Waals surface area contributed by atoms with Gasteiger partial charge in [0, 0.05) is 30.2 Å². The van der Waals surface area contributed by atoms with Gasteiger partial charge in [0.05, 0.1) is 19.9 Å². The van der Waals surface area contributed by atoms with Crippen LogP contribution in [0.4, 0.5) is 0 Å². The maximum Gasteiger partial charge on any atom is 0.183 e. The van der Waals surface area contributed by atoms with Crippen LogP contribution in [0, 0.1) is 0 Å². The van der Waals surface area contributed by atoms with Crippen LogP contribution in [0.25, 0.3) is 0 Å². The number of alkyl halides is 1. The SMILES string of the molecule is COc1ccnc(CNC2CCC(Cl)CC2)c1OC. The van der Waals surface area contributed by atoms with E-state index in [2.05, 4.69) is 10.3 Å². The monoisotopic (exact) mass is 284 g/mol. The molecule has 19 heavy (non-hydrogen) atoms. The van der Waals surface area contributed by atoms with Gasteiger partial charge in [-0.15, -0.1) is 11.6 Å². The molecule has 0 aromatic carbocycles. The highest BCUT2D eigenvalue weighted by molar-refractivity contribution is 6.20. The van der Waals surface area contributed by atoms with Crippen molar-refractivity contribution >= 4 is 11.6 Å². The number of hydrogen-bond donors (Lipinski definition) is 1. The standard InChI is InChI=1S/C14H21ClN2O2/c1-18-13-7-8-16-12(14(13)19-2)9-17-11-5-3-10(15)4-6-11/h7-8,10-11,17H,3-6,9H2,1-2H3. The van der Waals surface area contributed by atoms with Crippen LogP contribution in [-0.4, -0.2) is 30.6 Å². The van der Waals surface area contributed by atoms with Crippen LogP contribution in [0.3, 0.4) is 0 Å². The van der Waals surface area contributed by atoms with Crippen molar-refractivity contribution in [3.8, 4) is 11.5 Å². The molecule has 0 radical (unpaired) electrons. The Balaban J connectivity index is 1.95.